The Kier molecular flexibility index (Phi) is 5.44. The van der Waals surface area contributed by atoms with E-state index in [9.17, 15) is 15.3 Å². The summed E-state index contributed by atoms with van der Waals surface area (Å²) >= 11 is 0. The van der Waals surface area contributed by atoms with Crippen molar-refractivity contribution in [2.24, 2.45) is 22.1 Å². The van der Waals surface area contributed by atoms with Gasteiger partial charge in [-0.05, 0) is 11.1 Å². The summed E-state index contributed by atoms with van der Waals surface area (Å²) in [5.74, 6) is -1.17. The predicted molar refractivity (Wildman–Crippen MR) is 62.2 cm³/mol. The van der Waals surface area contributed by atoms with Crippen molar-refractivity contribution in [3.05, 3.63) is 32.5 Å². The molecule has 3 N–H and O–H groups in total. The van der Waals surface area contributed by atoms with Gasteiger partial charge in [0.05, 0.1) is 18.8 Å². The first-order valence-electron chi connectivity index (χ1n) is 5.35. The molecule has 0 aliphatic heterocycles. The molecule has 0 unspecified atom stereocenters. The van der Waals surface area contributed by atoms with Gasteiger partial charge in [0.15, 0.2) is 0 Å². The van der Waals surface area contributed by atoms with Gasteiger partial charge in [-0.25, -0.2) is 0 Å². The highest BCUT2D eigenvalue weighted by atomic mass is 16.3. The summed E-state index contributed by atoms with van der Waals surface area (Å²) in [5.41, 5.74) is 17.2. The highest BCUT2D eigenvalue weighted by Gasteiger charge is 2.37. The van der Waals surface area contributed by atoms with Crippen LogP contribution in [0.4, 0.5) is 0 Å². The molecule has 98 valence electrons. The molecule has 9 heteroatoms. The summed E-state index contributed by atoms with van der Waals surface area (Å²) in [5, 5.41) is 35.3. The lowest BCUT2D eigenvalue weighted by molar-refractivity contribution is 0.00993. The Balaban J connectivity index is 3.11. The summed E-state index contributed by atoms with van der Waals surface area (Å²) in [6.45, 7) is -0.655. The lowest BCUT2D eigenvalue weighted by atomic mass is 9.75. The van der Waals surface area contributed by atoms with Crippen LogP contribution in [0, 0.1) is 11.8 Å². The molecule has 9 nitrogen and oxygen atoms in total. The number of hydrogen-bond acceptors (Lipinski definition) is 5. The minimum atomic E-state index is -1.07. The van der Waals surface area contributed by atoms with E-state index in [2.05, 4.69) is 20.1 Å². The molecule has 0 amide bonds. The molecule has 18 heavy (non-hydrogen) atoms. The first kappa shape index (κ1) is 14.3. The Morgan fingerprint density at radius 2 is 1.94 bits per heavy atom. The first-order chi connectivity index (χ1) is 8.69. The van der Waals surface area contributed by atoms with Crippen molar-refractivity contribution in [1.29, 1.82) is 0 Å². The van der Waals surface area contributed by atoms with Crippen LogP contribution in [0.2, 0.25) is 0 Å². The molecule has 0 aromatic rings. The molecule has 0 aromatic carbocycles. The molecule has 0 bridgehead atoms. The molecule has 1 rings (SSSR count). The quantitative estimate of drug-likeness (QED) is 0.282. The maximum Gasteiger partial charge on any atom is 0.0821 e. The van der Waals surface area contributed by atoms with E-state index in [-0.39, 0.29) is 19.8 Å². The van der Waals surface area contributed by atoms with E-state index in [1.165, 1.54) is 6.08 Å². The Morgan fingerprint density at radius 1 is 1.22 bits per heavy atom. The fourth-order valence-corrected chi connectivity index (χ4v) is 2.14. The number of azide groups is 2. The van der Waals surface area contributed by atoms with Gasteiger partial charge in [-0.2, -0.15) is 0 Å². The lowest BCUT2D eigenvalue weighted by Gasteiger charge is -2.36. The standard InChI is InChI=1S/C9H14N6O3/c10-14-12-2-5-1-8(13-15-11)9(18)7(4-17)6(5)3-16/h1,6-9,16-18H,2-4H2/t6-,7-,8-,9-/m0/s1. The van der Waals surface area contributed by atoms with Crippen LogP contribution in [0.15, 0.2) is 21.9 Å². The second kappa shape index (κ2) is 6.85. The van der Waals surface area contributed by atoms with E-state index in [0.717, 1.165) is 0 Å². The number of aliphatic hydroxyl groups excluding tert-OH is 3. The number of aliphatic hydroxyl groups is 3. The first-order valence-corrected chi connectivity index (χ1v) is 5.35. The van der Waals surface area contributed by atoms with E-state index >= 15 is 0 Å². The van der Waals surface area contributed by atoms with Gasteiger partial charge in [-0.1, -0.05) is 21.9 Å². The van der Waals surface area contributed by atoms with Crippen molar-refractivity contribution in [3.63, 3.8) is 0 Å². The second-order valence-corrected chi connectivity index (χ2v) is 3.95. The van der Waals surface area contributed by atoms with Gasteiger partial charge >= 0.3 is 0 Å². The monoisotopic (exact) mass is 254 g/mol. The molecule has 0 fully saturated rings. The third-order valence-electron chi connectivity index (χ3n) is 3.08. The minimum absolute atomic E-state index is 0.00238. The summed E-state index contributed by atoms with van der Waals surface area (Å²) < 4.78 is 0. The third-order valence-corrected chi connectivity index (χ3v) is 3.08. The zero-order valence-corrected chi connectivity index (χ0v) is 9.53. The molecule has 0 radical (unpaired) electrons. The van der Waals surface area contributed by atoms with Gasteiger partial charge in [-0.3, -0.25) is 0 Å². The largest absolute Gasteiger partial charge is 0.396 e. The van der Waals surface area contributed by atoms with Gasteiger partial charge < -0.3 is 15.3 Å². The van der Waals surface area contributed by atoms with E-state index in [1.807, 2.05) is 0 Å². The normalized spacial score (nSPS) is 30.9. The van der Waals surface area contributed by atoms with Crippen LogP contribution in [-0.2, 0) is 0 Å². The highest BCUT2D eigenvalue weighted by Crippen LogP contribution is 2.32. The maximum absolute atomic E-state index is 9.92. The van der Waals surface area contributed by atoms with E-state index in [4.69, 9.17) is 11.1 Å². The van der Waals surface area contributed by atoms with E-state index in [0.29, 0.717) is 5.57 Å². The Morgan fingerprint density at radius 3 is 2.44 bits per heavy atom. The smallest absolute Gasteiger partial charge is 0.0821 e. The zero-order valence-electron chi connectivity index (χ0n) is 9.53. The van der Waals surface area contributed by atoms with Crippen LogP contribution in [0.3, 0.4) is 0 Å². The molecule has 4 atom stereocenters. The summed E-state index contributed by atoms with van der Waals surface area (Å²) in [6.07, 6.45) is 0.407. The van der Waals surface area contributed by atoms with Crippen LogP contribution in [0.1, 0.15) is 0 Å². The van der Waals surface area contributed by atoms with Gasteiger partial charge in [0.25, 0.3) is 0 Å². The Hall–Kier alpha value is -1.76. The second-order valence-electron chi connectivity index (χ2n) is 3.95. The number of rotatable bonds is 5. The van der Waals surface area contributed by atoms with Crippen LogP contribution in [-0.4, -0.2) is 47.2 Å². The fourth-order valence-electron chi connectivity index (χ4n) is 2.14. The lowest BCUT2D eigenvalue weighted by Crippen LogP contribution is -2.44. The zero-order chi connectivity index (χ0) is 13.5. The van der Waals surface area contributed by atoms with Gasteiger partial charge in [0.2, 0.25) is 0 Å². The Labute approximate surface area is 103 Å². The van der Waals surface area contributed by atoms with Crippen LogP contribution < -0.4 is 0 Å². The average Bonchev–Trinajstić information content (AvgIpc) is 2.38. The SMILES string of the molecule is [N-]=[N+]=NCC1=C[C@H](N=[N+]=[N-])[C@@H](O)[C@@H](CO)[C@H]1CO. The van der Waals surface area contributed by atoms with Crippen molar-refractivity contribution >= 4 is 0 Å². The molecular weight excluding hydrogens is 240 g/mol. The molecule has 0 aromatic heterocycles. The van der Waals surface area contributed by atoms with Crippen LogP contribution >= 0.6 is 0 Å². The topological polar surface area (TPSA) is 158 Å². The molecule has 0 heterocycles. The maximum atomic E-state index is 9.92. The highest BCUT2D eigenvalue weighted by molar-refractivity contribution is 5.21. The van der Waals surface area contributed by atoms with E-state index in [1.54, 1.807) is 0 Å². The molecule has 0 spiro atoms. The fraction of sp³-hybridized carbons (Fsp3) is 0.778. The van der Waals surface area contributed by atoms with E-state index < -0.39 is 24.0 Å². The third kappa shape index (κ3) is 2.92. The molecule has 0 saturated heterocycles. The van der Waals surface area contributed by atoms with Gasteiger partial charge in [0, 0.05) is 34.8 Å². The summed E-state index contributed by atoms with van der Waals surface area (Å²) in [4.78, 5) is 5.23. The van der Waals surface area contributed by atoms with Gasteiger partial charge in [-0.15, -0.1) is 0 Å². The van der Waals surface area contributed by atoms with Crippen LogP contribution in [0.5, 0.6) is 0 Å². The predicted octanol–water partition coefficient (Wildman–Crippen LogP) is 0.493. The van der Waals surface area contributed by atoms with Crippen molar-refractivity contribution in [2.75, 3.05) is 19.8 Å². The molecule has 0 saturated carbocycles. The molecule has 1 aliphatic carbocycles. The average molecular weight is 254 g/mol. The van der Waals surface area contributed by atoms with Crippen molar-refractivity contribution in [2.45, 2.75) is 12.1 Å². The van der Waals surface area contributed by atoms with Crippen molar-refractivity contribution < 1.29 is 15.3 Å². The van der Waals surface area contributed by atoms with Crippen LogP contribution in [0.25, 0.3) is 20.9 Å². The Bertz CT molecular complexity index is 413. The summed E-state index contributed by atoms with van der Waals surface area (Å²) in [7, 11) is 0. The number of nitrogens with zero attached hydrogens (tertiary/aromatic N) is 6. The molecular formula is C9H14N6O3. The summed E-state index contributed by atoms with van der Waals surface area (Å²) in [6, 6.07) is -0.834. The minimum Gasteiger partial charge on any atom is -0.396 e. The molecule has 1 aliphatic rings. The van der Waals surface area contributed by atoms with Crippen molar-refractivity contribution in [3.8, 4) is 0 Å². The van der Waals surface area contributed by atoms with Gasteiger partial charge in [0.1, 0.15) is 0 Å². The van der Waals surface area contributed by atoms with Crippen molar-refractivity contribution in [1.82, 2.24) is 0 Å². The number of hydrogen-bond donors (Lipinski definition) is 3.